The number of nitrogens with one attached hydrogen (secondary N) is 2. The molecule has 1 aromatic heterocycles. The molecule has 1 saturated heterocycles. The van der Waals surface area contributed by atoms with E-state index in [4.69, 9.17) is 9.47 Å². The minimum Gasteiger partial charge on any atom is -0.465 e. The number of carbonyl (C=O) groups excluding carboxylic acids is 1. The number of ether oxygens (including phenoxy) is 2. The molecule has 138 valence electrons. The van der Waals surface area contributed by atoms with Gasteiger partial charge in [0.1, 0.15) is 0 Å². The number of aromatic nitrogens is 3. The van der Waals surface area contributed by atoms with Gasteiger partial charge in [0.2, 0.25) is 5.95 Å². The highest BCUT2D eigenvalue weighted by Gasteiger charge is 2.10. The van der Waals surface area contributed by atoms with Gasteiger partial charge in [0.15, 0.2) is 5.82 Å². The van der Waals surface area contributed by atoms with Gasteiger partial charge >= 0.3 is 5.97 Å². The van der Waals surface area contributed by atoms with Crippen LogP contribution in [0.2, 0.25) is 0 Å². The summed E-state index contributed by atoms with van der Waals surface area (Å²) in [6.45, 7) is 5.15. The van der Waals surface area contributed by atoms with Crippen LogP contribution in [-0.2, 0) is 9.47 Å². The first kappa shape index (κ1) is 18.0. The summed E-state index contributed by atoms with van der Waals surface area (Å²) < 4.78 is 10.1. The third kappa shape index (κ3) is 5.11. The van der Waals surface area contributed by atoms with Crippen molar-refractivity contribution in [3.05, 3.63) is 36.0 Å². The Balaban J connectivity index is 1.56. The summed E-state index contributed by atoms with van der Waals surface area (Å²) >= 11 is 0. The lowest BCUT2D eigenvalue weighted by Crippen LogP contribution is -2.39. The number of anilines is 3. The SMILES string of the molecule is COC(=O)c1cccc(Nc2nncc(NCCN3CCOCC3)n2)c1. The highest BCUT2D eigenvalue weighted by atomic mass is 16.5. The van der Waals surface area contributed by atoms with Gasteiger partial charge in [-0.25, -0.2) is 4.79 Å². The molecule has 2 aromatic rings. The van der Waals surface area contributed by atoms with Crippen LogP contribution in [0, 0.1) is 0 Å². The molecule has 0 spiro atoms. The molecule has 9 heteroatoms. The largest absolute Gasteiger partial charge is 0.465 e. The maximum Gasteiger partial charge on any atom is 0.337 e. The van der Waals surface area contributed by atoms with E-state index < -0.39 is 5.97 Å². The number of rotatable bonds is 7. The minimum absolute atomic E-state index is 0.350. The molecule has 0 atom stereocenters. The first-order valence-electron chi connectivity index (χ1n) is 8.44. The zero-order valence-corrected chi connectivity index (χ0v) is 14.6. The summed E-state index contributed by atoms with van der Waals surface area (Å²) in [6, 6.07) is 6.92. The number of hydrogen-bond acceptors (Lipinski definition) is 9. The molecule has 0 amide bonds. The fourth-order valence-electron chi connectivity index (χ4n) is 2.58. The van der Waals surface area contributed by atoms with Crippen LogP contribution >= 0.6 is 0 Å². The van der Waals surface area contributed by atoms with Crippen LogP contribution < -0.4 is 10.6 Å². The lowest BCUT2D eigenvalue weighted by molar-refractivity contribution is 0.0398. The Morgan fingerprint density at radius 1 is 1.35 bits per heavy atom. The molecule has 2 heterocycles. The molecule has 0 radical (unpaired) electrons. The molecule has 1 aliphatic rings. The van der Waals surface area contributed by atoms with Crippen LogP contribution in [0.15, 0.2) is 30.5 Å². The highest BCUT2D eigenvalue weighted by Crippen LogP contribution is 2.16. The summed E-state index contributed by atoms with van der Waals surface area (Å²) in [6.07, 6.45) is 1.58. The Kier molecular flexibility index (Phi) is 6.29. The third-order valence-electron chi connectivity index (χ3n) is 3.94. The summed E-state index contributed by atoms with van der Waals surface area (Å²) in [5, 5.41) is 14.2. The topological polar surface area (TPSA) is 102 Å². The van der Waals surface area contributed by atoms with E-state index in [9.17, 15) is 4.79 Å². The van der Waals surface area contributed by atoms with E-state index in [0.29, 0.717) is 23.0 Å². The van der Waals surface area contributed by atoms with Crippen LogP contribution in [0.3, 0.4) is 0 Å². The second-order valence-corrected chi connectivity index (χ2v) is 5.74. The van der Waals surface area contributed by atoms with Gasteiger partial charge < -0.3 is 20.1 Å². The van der Waals surface area contributed by atoms with Crippen molar-refractivity contribution in [3.8, 4) is 0 Å². The van der Waals surface area contributed by atoms with Crippen LogP contribution in [0.25, 0.3) is 0 Å². The van der Waals surface area contributed by atoms with Crippen molar-refractivity contribution in [2.75, 3.05) is 57.1 Å². The Morgan fingerprint density at radius 3 is 3.00 bits per heavy atom. The number of esters is 1. The molecule has 1 fully saturated rings. The average Bonchev–Trinajstić information content (AvgIpc) is 2.69. The number of methoxy groups -OCH3 is 1. The molecule has 1 aromatic carbocycles. The number of hydrogen-bond donors (Lipinski definition) is 2. The molecule has 0 unspecified atom stereocenters. The zero-order chi connectivity index (χ0) is 18.2. The van der Waals surface area contributed by atoms with Gasteiger partial charge in [0.05, 0.1) is 32.1 Å². The number of benzene rings is 1. The molecule has 1 aliphatic heterocycles. The van der Waals surface area contributed by atoms with Crippen molar-refractivity contribution in [2.24, 2.45) is 0 Å². The van der Waals surface area contributed by atoms with Crippen LogP contribution in [0.1, 0.15) is 10.4 Å². The lowest BCUT2D eigenvalue weighted by Gasteiger charge is -2.26. The smallest absolute Gasteiger partial charge is 0.337 e. The number of carbonyl (C=O) groups is 1. The Hall–Kier alpha value is -2.78. The second-order valence-electron chi connectivity index (χ2n) is 5.74. The summed E-state index contributed by atoms with van der Waals surface area (Å²) in [5.41, 5.74) is 1.13. The molecule has 3 rings (SSSR count). The average molecular weight is 358 g/mol. The van der Waals surface area contributed by atoms with Crippen molar-refractivity contribution < 1.29 is 14.3 Å². The Labute approximate surface area is 151 Å². The second kappa shape index (κ2) is 9.07. The van der Waals surface area contributed by atoms with Crippen molar-refractivity contribution in [2.45, 2.75) is 0 Å². The first-order chi connectivity index (χ1) is 12.7. The molecular weight excluding hydrogens is 336 g/mol. The first-order valence-corrected chi connectivity index (χ1v) is 8.44. The predicted molar refractivity (Wildman–Crippen MR) is 96.6 cm³/mol. The van der Waals surface area contributed by atoms with E-state index in [2.05, 4.69) is 30.7 Å². The van der Waals surface area contributed by atoms with Gasteiger partial charge in [0.25, 0.3) is 0 Å². The fourth-order valence-corrected chi connectivity index (χ4v) is 2.58. The van der Waals surface area contributed by atoms with E-state index >= 15 is 0 Å². The molecule has 9 nitrogen and oxygen atoms in total. The Bertz CT molecular complexity index is 736. The normalized spacial score (nSPS) is 14.7. The van der Waals surface area contributed by atoms with E-state index in [1.807, 2.05) is 6.07 Å². The van der Waals surface area contributed by atoms with Crippen molar-refractivity contribution in [3.63, 3.8) is 0 Å². The Morgan fingerprint density at radius 2 is 2.19 bits per heavy atom. The van der Waals surface area contributed by atoms with E-state index in [-0.39, 0.29) is 0 Å². The van der Waals surface area contributed by atoms with Gasteiger partial charge in [-0.15, -0.1) is 5.10 Å². The van der Waals surface area contributed by atoms with E-state index in [1.165, 1.54) is 7.11 Å². The lowest BCUT2D eigenvalue weighted by atomic mass is 10.2. The van der Waals surface area contributed by atoms with Crippen LogP contribution in [-0.4, -0.2) is 72.6 Å². The monoisotopic (exact) mass is 358 g/mol. The highest BCUT2D eigenvalue weighted by molar-refractivity contribution is 5.90. The maximum atomic E-state index is 11.6. The standard InChI is InChI=1S/C17H22N6O3/c1-25-16(24)13-3-2-4-14(11-13)20-17-21-15(12-19-22-17)18-5-6-23-7-9-26-10-8-23/h2-4,11-12H,5-10H2,1H3,(H2,18,20,21,22). The molecule has 26 heavy (non-hydrogen) atoms. The summed E-state index contributed by atoms with van der Waals surface area (Å²) in [5.74, 6) is 0.592. The third-order valence-corrected chi connectivity index (χ3v) is 3.94. The molecule has 0 saturated carbocycles. The molecular formula is C17H22N6O3. The van der Waals surface area contributed by atoms with E-state index in [0.717, 1.165) is 39.4 Å². The van der Waals surface area contributed by atoms with Crippen molar-refractivity contribution in [1.29, 1.82) is 0 Å². The summed E-state index contributed by atoms with van der Waals surface area (Å²) in [7, 11) is 1.35. The van der Waals surface area contributed by atoms with Gasteiger partial charge in [-0.05, 0) is 18.2 Å². The van der Waals surface area contributed by atoms with Gasteiger partial charge in [-0.3, -0.25) is 4.90 Å². The van der Waals surface area contributed by atoms with Gasteiger partial charge in [0, 0.05) is 31.9 Å². The quantitative estimate of drug-likeness (QED) is 0.706. The van der Waals surface area contributed by atoms with E-state index in [1.54, 1.807) is 24.4 Å². The van der Waals surface area contributed by atoms with Crippen molar-refractivity contribution in [1.82, 2.24) is 20.1 Å². The summed E-state index contributed by atoms with van der Waals surface area (Å²) in [4.78, 5) is 18.3. The number of morpholine rings is 1. The minimum atomic E-state index is -0.397. The van der Waals surface area contributed by atoms with Gasteiger partial charge in [-0.1, -0.05) is 6.07 Å². The predicted octanol–water partition coefficient (Wildman–Crippen LogP) is 1.15. The zero-order valence-electron chi connectivity index (χ0n) is 14.6. The maximum absolute atomic E-state index is 11.6. The molecule has 0 bridgehead atoms. The van der Waals surface area contributed by atoms with Crippen molar-refractivity contribution >= 4 is 23.4 Å². The number of nitrogens with zero attached hydrogens (tertiary/aromatic N) is 4. The van der Waals surface area contributed by atoms with Crippen LogP contribution in [0.5, 0.6) is 0 Å². The van der Waals surface area contributed by atoms with Crippen LogP contribution in [0.4, 0.5) is 17.5 Å². The molecule has 0 aliphatic carbocycles. The van der Waals surface area contributed by atoms with Gasteiger partial charge in [-0.2, -0.15) is 10.1 Å². The molecule has 2 N–H and O–H groups in total. The fraction of sp³-hybridized carbons (Fsp3) is 0.412.